The minimum absolute atomic E-state index is 0.0555. The van der Waals surface area contributed by atoms with Crippen molar-refractivity contribution in [2.75, 3.05) is 36.5 Å². The van der Waals surface area contributed by atoms with Crippen molar-refractivity contribution in [2.45, 2.75) is 19.8 Å². The number of hydrogen-bond donors (Lipinski definition) is 2. The second-order valence-electron chi connectivity index (χ2n) is 6.54. The molecule has 3 rings (SSSR count). The van der Waals surface area contributed by atoms with Crippen LogP contribution in [-0.4, -0.2) is 48.1 Å². The Morgan fingerprint density at radius 2 is 2.00 bits per heavy atom. The first-order valence-corrected chi connectivity index (χ1v) is 8.49. The number of imide groups is 1. The van der Waals surface area contributed by atoms with Gasteiger partial charge in [0.25, 0.3) is 11.8 Å². The minimum Gasteiger partial charge on any atom is -0.395 e. The molecule has 1 aromatic rings. The first kappa shape index (κ1) is 17.4. The van der Waals surface area contributed by atoms with Crippen LogP contribution in [0.25, 0.3) is 0 Å². The number of anilines is 2. The maximum atomic E-state index is 14.5. The monoisotopic (exact) mass is 347 g/mol. The topological polar surface area (TPSA) is 72.9 Å². The molecule has 0 aliphatic carbocycles. The van der Waals surface area contributed by atoms with Crippen molar-refractivity contribution < 1.29 is 19.1 Å². The molecule has 6 nitrogen and oxygen atoms in total. The summed E-state index contributed by atoms with van der Waals surface area (Å²) >= 11 is 0. The SMILES string of the molecule is CC1CCN(c2ccc(NC3=CC(=O)N(CCO)C3=O)cc2F)CC1. The van der Waals surface area contributed by atoms with Crippen molar-refractivity contribution in [2.24, 2.45) is 5.92 Å². The Bertz CT molecular complexity index is 712. The number of nitrogens with one attached hydrogen (secondary N) is 1. The molecule has 0 spiro atoms. The Hall–Kier alpha value is -2.41. The van der Waals surface area contributed by atoms with E-state index in [1.165, 1.54) is 6.07 Å². The number of β-amino-alcohol motifs (C(OH)–C–C–N with tert-alkyl or cyclic N) is 1. The molecule has 134 valence electrons. The van der Waals surface area contributed by atoms with Crippen LogP contribution in [0.3, 0.4) is 0 Å². The van der Waals surface area contributed by atoms with Gasteiger partial charge in [-0.15, -0.1) is 0 Å². The van der Waals surface area contributed by atoms with E-state index in [1.54, 1.807) is 12.1 Å². The van der Waals surface area contributed by atoms with Crippen LogP contribution in [-0.2, 0) is 9.59 Å². The highest BCUT2D eigenvalue weighted by atomic mass is 19.1. The molecule has 0 aromatic heterocycles. The predicted molar refractivity (Wildman–Crippen MR) is 92.5 cm³/mol. The van der Waals surface area contributed by atoms with Crippen molar-refractivity contribution >= 4 is 23.2 Å². The fraction of sp³-hybridized carbons (Fsp3) is 0.444. The number of hydrogen-bond acceptors (Lipinski definition) is 5. The standard InChI is InChI=1S/C18H22FN3O3/c1-12-4-6-21(7-5-12)16-3-2-13(10-14(16)19)20-15-11-17(24)22(8-9-23)18(15)25/h2-3,10-12,20,23H,4-9H2,1H3. The summed E-state index contributed by atoms with van der Waals surface area (Å²) in [5.41, 5.74) is 1.05. The number of benzene rings is 1. The quantitative estimate of drug-likeness (QED) is 0.794. The molecule has 2 heterocycles. The summed E-state index contributed by atoms with van der Waals surface area (Å²) < 4.78 is 14.5. The minimum atomic E-state index is -0.520. The smallest absolute Gasteiger partial charge is 0.277 e. The van der Waals surface area contributed by atoms with Gasteiger partial charge in [0.05, 0.1) is 18.8 Å². The molecule has 1 aromatic carbocycles. The maximum absolute atomic E-state index is 14.5. The Morgan fingerprint density at radius 1 is 1.28 bits per heavy atom. The van der Waals surface area contributed by atoms with E-state index >= 15 is 0 Å². The predicted octanol–water partition coefficient (Wildman–Crippen LogP) is 1.72. The lowest BCUT2D eigenvalue weighted by molar-refractivity contribution is -0.137. The summed E-state index contributed by atoms with van der Waals surface area (Å²) in [5.74, 6) is -0.696. The maximum Gasteiger partial charge on any atom is 0.277 e. The number of aliphatic hydroxyl groups excluding tert-OH is 1. The molecule has 7 heteroatoms. The van der Waals surface area contributed by atoms with Gasteiger partial charge in [-0.3, -0.25) is 14.5 Å². The number of piperidine rings is 1. The number of aliphatic hydroxyl groups is 1. The first-order valence-electron chi connectivity index (χ1n) is 8.49. The van der Waals surface area contributed by atoms with E-state index in [0.29, 0.717) is 17.3 Å². The van der Waals surface area contributed by atoms with E-state index in [4.69, 9.17) is 5.11 Å². The highest BCUT2D eigenvalue weighted by Crippen LogP contribution is 2.28. The Labute approximate surface area is 145 Å². The number of rotatable bonds is 5. The lowest BCUT2D eigenvalue weighted by Gasteiger charge is -2.32. The number of carbonyl (C=O) groups is 2. The normalized spacial score (nSPS) is 18.8. The van der Waals surface area contributed by atoms with Gasteiger partial charge in [-0.25, -0.2) is 4.39 Å². The Balaban J connectivity index is 1.70. The molecule has 0 radical (unpaired) electrons. The van der Waals surface area contributed by atoms with E-state index in [2.05, 4.69) is 12.2 Å². The number of carbonyl (C=O) groups excluding carboxylic acids is 2. The molecule has 2 amide bonds. The van der Waals surface area contributed by atoms with Gasteiger partial charge < -0.3 is 15.3 Å². The molecule has 0 atom stereocenters. The van der Waals surface area contributed by atoms with Crippen molar-refractivity contribution in [3.05, 3.63) is 35.8 Å². The zero-order valence-corrected chi connectivity index (χ0v) is 14.2. The molecule has 0 saturated carbocycles. The molecule has 2 aliphatic heterocycles. The lowest BCUT2D eigenvalue weighted by Crippen LogP contribution is -2.34. The summed E-state index contributed by atoms with van der Waals surface area (Å²) in [4.78, 5) is 26.8. The molecule has 0 unspecified atom stereocenters. The molecular formula is C18H22FN3O3. The van der Waals surface area contributed by atoms with Gasteiger partial charge in [0, 0.05) is 24.9 Å². The average Bonchev–Trinajstić information content (AvgIpc) is 2.84. The summed E-state index contributed by atoms with van der Waals surface area (Å²) in [6, 6.07) is 4.73. The first-order chi connectivity index (χ1) is 12.0. The second kappa shape index (κ2) is 7.23. The largest absolute Gasteiger partial charge is 0.395 e. The van der Waals surface area contributed by atoms with Gasteiger partial charge in [0.2, 0.25) is 0 Å². The lowest BCUT2D eigenvalue weighted by atomic mass is 9.99. The van der Waals surface area contributed by atoms with E-state index in [1.807, 2.05) is 4.90 Å². The van der Waals surface area contributed by atoms with E-state index in [0.717, 1.165) is 36.9 Å². The third-order valence-corrected chi connectivity index (χ3v) is 4.68. The van der Waals surface area contributed by atoms with Gasteiger partial charge in [-0.1, -0.05) is 6.92 Å². The number of halogens is 1. The molecule has 0 bridgehead atoms. The van der Waals surface area contributed by atoms with Crippen LogP contribution >= 0.6 is 0 Å². The molecule has 1 saturated heterocycles. The fourth-order valence-corrected chi connectivity index (χ4v) is 3.16. The zero-order valence-electron chi connectivity index (χ0n) is 14.2. The van der Waals surface area contributed by atoms with Crippen LogP contribution in [0.4, 0.5) is 15.8 Å². The van der Waals surface area contributed by atoms with Crippen molar-refractivity contribution in [3.8, 4) is 0 Å². The van der Waals surface area contributed by atoms with Crippen LogP contribution in [0.15, 0.2) is 30.0 Å². The number of amides is 2. The summed E-state index contributed by atoms with van der Waals surface area (Å²) in [6.45, 7) is 3.52. The summed E-state index contributed by atoms with van der Waals surface area (Å²) in [7, 11) is 0. The van der Waals surface area contributed by atoms with Crippen molar-refractivity contribution in [1.82, 2.24) is 4.90 Å². The zero-order chi connectivity index (χ0) is 18.0. The molecule has 2 N–H and O–H groups in total. The highest BCUT2D eigenvalue weighted by Gasteiger charge is 2.30. The van der Waals surface area contributed by atoms with Gasteiger partial charge in [0.1, 0.15) is 11.5 Å². The van der Waals surface area contributed by atoms with Crippen molar-refractivity contribution in [1.29, 1.82) is 0 Å². The van der Waals surface area contributed by atoms with Crippen molar-refractivity contribution in [3.63, 3.8) is 0 Å². The van der Waals surface area contributed by atoms with Crippen LogP contribution in [0.1, 0.15) is 19.8 Å². The number of nitrogens with zero attached hydrogens (tertiary/aromatic N) is 2. The van der Waals surface area contributed by atoms with Crippen LogP contribution < -0.4 is 10.2 Å². The molecular weight excluding hydrogens is 325 g/mol. The van der Waals surface area contributed by atoms with E-state index in [-0.39, 0.29) is 24.7 Å². The fourth-order valence-electron chi connectivity index (χ4n) is 3.16. The van der Waals surface area contributed by atoms with Crippen LogP contribution in [0.5, 0.6) is 0 Å². The van der Waals surface area contributed by atoms with Crippen LogP contribution in [0.2, 0.25) is 0 Å². The van der Waals surface area contributed by atoms with Gasteiger partial charge in [0.15, 0.2) is 0 Å². The van der Waals surface area contributed by atoms with Crippen LogP contribution in [0, 0.1) is 11.7 Å². The highest BCUT2D eigenvalue weighted by molar-refractivity contribution is 6.17. The Morgan fingerprint density at radius 3 is 2.64 bits per heavy atom. The van der Waals surface area contributed by atoms with Gasteiger partial charge >= 0.3 is 0 Å². The summed E-state index contributed by atoms with van der Waals surface area (Å²) in [6.07, 6.45) is 3.25. The molecule has 25 heavy (non-hydrogen) atoms. The van der Waals surface area contributed by atoms with E-state index in [9.17, 15) is 14.0 Å². The third-order valence-electron chi connectivity index (χ3n) is 4.68. The average molecular weight is 347 g/mol. The van der Waals surface area contributed by atoms with Gasteiger partial charge in [-0.2, -0.15) is 0 Å². The van der Waals surface area contributed by atoms with E-state index < -0.39 is 11.8 Å². The van der Waals surface area contributed by atoms with Gasteiger partial charge in [-0.05, 0) is 37.0 Å². The Kier molecular flexibility index (Phi) is 5.03. The third kappa shape index (κ3) is 3.66. The molecule has 2 aliphatic rings. The summed E-state index contributed by atoms with van der Waals surface area (Å²) in [5, 5.41) is 11.7. The second-order valence-corrected chi connectivity index (χ2v) is 6.54. The molecule has 1 fully saturated rings.